The minimum absolute atomic E-state index is 0.280. The van der Waals surface area contributed by atoms with Crippen molar-refractivity contribution in [3.8, 4) is 11.5 Å². The first-order valence-corrected chi connectivity index (χ1v) is 9.18. The lowest BCUT2D eigenvalue weighted by Gasteiger charge is -2.10. The molecule has 1 heterocycles. The van der Waals surface area contributed by atoms with Crippen LogP contribution in [-0.4, -0.2) is 23.5 Å². The zero-order valence-corrected chi connectivity index (χ0v) is 15.7. The monoisotopic (exact) mass is 382 g/mol. The number of hydrogen-bond donors (Lipinski definition) is 1. The molecule has 2 aromatic carbocycles. The van der Waals surface area contributed by atoms with Gasteiger partial charge in [-0.15, -0.1) is 0 Å². The highest BCUT2D eigenvalue weighted by molar-refractivity contribution is 7.17. The summed E-state index contributed by atoms with van der Waals surface area (Å²) in [6.45, 7) is 3.72. The van der Waals surface area contributed by atoms with Crippen molar-refractivity contribution in [2.75, 3.05) is 11.9 Å². The van der Waals surface area contributed by atoms with E-state index in [1.54, 1.807) is 38.1 Å². The van der Waals surface area contributed by atoms with E-state index in [0.29, 0.717) is 32.8 Å². The highest BCUT2D eigenvalue weighted by Gasteiger charge is 2.19. The van der Waals surface area contributed by atoms with Gasteiger partial charge in [0, 0.05) is 0 Å². The second kappa shape index (κ2) is 8.46. The molecule has 0 atom stereocenters. The SMILES string of the molecule is CCOC(=O)c1sc(NC(=O)c2ccccc2Oc2ccccc2)nc1C. The first-order valence-electron chi connectivity index (χ1n) is 8.36. The average Bonchev–Trinajstić information content (AvgIpc) is 3.03. The number of hydrogen-bond acceptors (Lipinski definition) is 6. The summed E-state index contributed by atoms with van der Waals surface area (Å²) in [6.07, 6.45) is 0. The number of carbonyl (C=O) groups excluding carboxylic acids is 2. The fourth-order valence-electron chi connectivity index (χ4n) is 2.36. The summed E-state index contributed by atoms with van der Waals surface area (Å²) < 4.78 is 10.8. The van der Waals surface area contributed by atoms with Crippen molar-refractivity contribution >= 4 is 28.3 Å². The minimum Gasteiger partial charge on any atom is -0.462 e. The Hall–Kier alpha value is -3.19. The van der Waals surface area contributed by atoms with Crippen LogP contribution >= 0.6 is 11.3 Å². The second-order valence-electron chi connectivity index (χ2n) is 5.52. The summed E-state index contributed by atoms with van der Waals surface area (Å²) in [5, 5.41) is 3.05. The maximum atomic E-state index is 12.7. The van der Waals surface area contributed by atoms with Gasteiger partial charge >= 0.3 is 5.97 Å². The molecule has 3 aromatic rings. The van der Waals surface area contributed by atoms with Crippen molar-refractivity contribution in [1.29, 1.82) is 0 Å². The van der Waals surface area contributed by atoms with Crippen molar-refractivity contribution in [2.24, 2.45) is 0 Å². The summed E-state index contributed by atoms with van der Waals surface area (Å²) in [4.78, 5) is 29.2. The van der Waals surface area contributed by atoms with Crippen molar-refractivity contribution < 1.29 is 19.1 Å². The number of anilines is 1. The number of benzene rings is 2. The molecule has 0 aliphatic carbocycles. The molecule has 0 aliphatic rings. The molecule has 0 radical (unpaired) electrons. The zero-order valence-electron chi connectivity index (χ0n) is 14.9. The molecule has 3 rings (SSSR count). The van der Waals surface area contributed by atoms with E-state index in [0.717, 1.165) is 11.3 Å². The second-order valence-corrected chi connectivity index (χ2v) is 6.52. The molecule has 0 spiro atoms. The summed E-state index contributed by atoms with van der Waals surface area (Å²) in [6, 6.07) is 16.2. The summed E-state index contributed by atoms with van der Waals surface area (Å²) >= 11 is 1.08. The Balaban J connectivity index is 1.79. The first-order chi connectivity index (χ1) is 13.1. The number of nitrogens with one attached hydrogen (secondary N) is 1. The predicted octanol–water partition coefficient (Wildman–Crippen LogP) is 4.67. The molecule has 1 amide bonds. The van der Waals surface area contributed by atoms with Crippen LogP contribution in [0, 0.1) is 6.92 Å². The van der Waals surface area contributed by atoms with E-state index in [2.05, 4.69) is 10.3 Å². The van der Waals surface area contributed by atoms with Crippen LogP contribution in [0.1, 0.15) is 32.6 Å². The Morgan fingerprint density at radius 2 is 1.78 bits per heavy atom. The van der Waals surface area contributed by atoms with Crippen LogP contribution in [0.3, 0.4) is 0 Å². The molecule has 6 nitrogen and oxygen atoms in total. The van der Waals surface area contributed by atoms with Gasteiger partial charge in [0.1, 0.15) is 16.4 Å². The lowest BCUT2D eigenvalue weighted by molar-refractivity contribution is 0.0531. The van der Waals surface area contributed by atoms with Gasteiger partial charge in [0.15, 0.2) is 5.13 Å². The standard InChI is InChI=1S/C20H18N2O4S/c1-3-25-19(24)17-13(2)21-20(27-17)22-18(23)15-11-7-8-12-16(15)26-14-9-5-4-6-10-14/h4-12H,3H2,1-2H3,(H,21,22,23). The van der Waals surface area contributed by atoms with Gasteiger partial charge in [0.2, 0.25) is 0 Å². The number of amides is 1. The van der Waals surface area contributed by atoms with Crippen LogP contribution in [-0.2, 0) is 4.74 Å². The highest BCUT2D eigenvalue weighted by Crippen LogP contribution is 2.28. The molecule has 7 heteroatoms. The Kier molecular flexibility index (Phi) is 5.83. The van der Waals surface area contributed by atoms with Gasteiger partial charge in [-0.3, -0.25) is 10.1 Å². The van der Waals surface area contributed by atoms with Crippen LogP contribution in [0.15, 0.2) is 54.6 Å². The maximum absolute atomic E-state index is 12.7. The van der Waals surface area contributed by atoms with E-state index in [-0.39, 0.29) is 12.5 Å². The first kappa shape index (κ1) is 18.6. The molecule has 1 N–H and O–H groups in total. The molecular formula is C20H18N2O4S. The number of ether oxygens (including phenoxy) is 2. The van der Waals surface area contributed by atoms with Crippen molar-refractivity contribution in [3.05, 3.63) is 70.7 Å². The number of aryl methyl sites for hydroxylation is 1. The van der Waals surface area contributed by atoms with Gasteiger partial charge in [-0.05, 0) is 38.1 Å². The number of rotatable bonds is 6. The van der Waals surface area contributed by atoms with Gasteiger partial charge in [0.05, 0.1) is 17.9 Å². The predicted molar refractivity (Wildman–Crippen MR) is 104 cm³/mol. The van der Waals surface area contributed by atoms with Crippen LogP contribution in [0.4, 0.5) is 5.13 Å². The van der Waals surface area contributed by atoms with Crippen LogP contribution < -0.4 is 10.1 Å². The number of thiazole rings is 1. The van der Waals surface area contributed by atoms with Gasteiger partial charge in [0.25, 0.3) is 5.91 Å². The smallest absolute Gasteiger partial charge is 0.350 e. The number of carbonyl (C=O) groups is 2. The molecule has 1 aromatic heterocycles. The third kappa shape index (κ3) is 4.51. The molecule has 27 heavy (non-hydrogen) atoms. The Bertz CT molecular complexity index is 954. The topological polar surface area (TPSA) is 77.5 Å². The Labute approximate surface area is 160 Å². The van der Waals surface area contributed by atoms with E-state index >= 15 is 0 Å². The fraction of sp³-hybridized carbons (Fsp3) is 0.150. The largest absolute Gasteiger partial charge is 0.462 e. The third-order valence-electron chi connectivity index (χ3n) is 3.58. The van der Waals surface area contributed by atoms with Crippen LogP contribution in [0.2, 0.25) is 0 Å². The lowest BCUT2D eigenvalue weighted by Crippen LogP contribution is -2.12. The van der Waals surface area contributed by atoms with E-state index in [9.17, 15) is 9.59 Å². The van der Waals surface area contributed by atoms with Crippen molar-refractivity contribution in [3.63, 3.8) is 0 Å². The highest BCUT2D eigenvalue weighted by atomic mass is 32.1. The molecule has 0 unspecified atom stereocenters. The van der Waals surface area contributed by atoms with E-state index in [4.69, 9.17) is 9.47 Å². The number of para-hydroxylation sites is 2. The summed E-state index contributed by atoms with van der Waals surface area (Å²) in [7, 11) is 0. The molecule has 0 fully saturated rings. The zero-order chi connectivity index (χ0) is 19.2. The van der Waals surface area contributed by atoms with Gasteiger partial charge in [-0.1, -0.05) is 41.7 Å². The average molecular weight is 382 g/mol. The van der Waals surface area contributed by atoms with Crippen molar-refractivity contribution in [1.82, 2.24) is 4.98 Å². The van der Waals surface area contributed by atoms with Crippen LogP contribution in [0.25, 0.3) is 0 Å². The van der Waals surface area contributed by atoms with Crippen LogP contribution in [0.5, 0.6) is 11.5 Å². The fourth-order valence-corrected chi connectivity index (χ4v) is 3.21. The normalized spacial score (nSPS) is 10.3. The molecule has 0 saturated carbocycles. The van der Waals surface area contributed by atoms with Gasteiger partial charge in [-0.25, -0.2) is 9.78 Å². The maximum Gasteiger partial charge on any atom is 0.350 e. The lowest BCUT2D eigenvalue weighted by atomic mass is 10.2. The van der Waals surface area contributed by atoms with Gasteiger partial charge in [-0.2, -0.15) is 0 Å². The molecule has 138 valence electrons. The Morgan fingerprint density at radius 3 is 2.52 bits per heavy atom. The third-order valence-corrected chi connectivity index (χ3v) is 4.63. The Morgan fingerprint density at radius 1 is 1.07 bits per heavy atom. The van der Waals surface area contributed by atoms with E-state index in [1.807, 2.05) is 30.3 Å². The molecule has 0 bridgehead atoms. The van der Waals surface area contributed by atoms with Gasteiger partial charge < -0.3 is 9.47 Å². The molecule has 0 saturated heterocycles. The number of nitrogens with zero attached hydrogens (tertiary/aromatic N) is 1. The number of esters is 1. The minimum atomic E-state index is -0.444. The van der Waals surface area contributed by atoms with E-state index < -0.39 is 5.97 Å². The van der Waals surface area contributed by atoms with Crippen molar-refractivity contribution in [2.45, 2.75) is 13.8 Å². The quantitative estimate of drug-likeness (QED) is 0.627. The van der Waals surface area contributed by atoms with E-state index in [1.165, 1.54) is 0 Å². The summed E-state index contributed by atoms with van der Waals surface area (Å²) in [5.74, 6) is 0.249. The number of aromatic nitrogens is 1. The molecule has 0 aliphatic heterocycles. The molecular weight excluding hydrogens is 364 g/mol. The summed E-state index contributed by atoms with van der Waals surface area (Å²) in [5.41, 5.74) is 0.884.